The highest BCUT2D eigenvalue weighted by Crippen LogP contribution is 2.39. The summed E-state index contributed by atoms with van der Waals surface area (Å²) in [5.74, 6) is 0.125. The van der Waals surface area contributed by atoms with Crippen LogP contribution in [0.3, 0.4) is 0 Å². The molecule has 1 amide bonds. The topological polar surface area (TPSA) is 72.7 Å². The second kappa shape index (κ2) is 6.72. The van der Waals surface area contributed by atoms with Crippen molar-refractivity contribution in [2.24, 2.45) is 5.92 Å². The van der Waals surface area contributed by atoms with Gasteiger partial charge in [0, 0.05) is 11.1 Å². The van der Waals surface area contributed by atoms with Crippen molar-refractivity contribution < 1.29 is 14.5 Å². The van der Waals surface area contributed by atoms with Gasteiger partial charge >= 0.3 is 0 Å². The lowest BCUT2D eigenvalue weighted by Crippen LogP contribution is -2.48. The molecule has 1 atom stereocenters. The van der Waals surface area contributed by atoms with Crippen LogP contribution < -0.4 is 9.64 Å². The normalized spacial score (nSPS) is 16.6. The molecule has 3 rings (SSSR count). The van der Waals surface area contributed by atoms with E-state index in [1.54, 1.807) is 23.1 Å². The first-order valence-corrected chi connectivity index (χ1v) is 8.25. The van der Waals surface area contributed by atoms with Crippen LogP contribution >= 0.6 is 11.6 Å². The van der Waals surface area contributed by atoms with Crippen molar-refractivity contribution >= 4 is 28.9 Å². The summed E-state index contributed by atoms with van der Waals surface area (Å²) in [6, 6.07) is 11.5. The van der Waals surface area contributed by atoms with E-state index in [1.165, 1.54) is 12.1 Å². The second-order valence-corrected chi connectivity index (χ2v) is 6.68. The van der Waals surface area contributed by atoms with Gasteiger partial charge in [-0.25, -0.2) is 0 Å². The molecule has 130 valence electrons. The average molecular weight is 361 g/mol. The van der Waals surface area contributed by atoms with Crippen LogP contribution in [0.5, 0.6) is 5.75 Å². The first kappa shape index (κ1) is 17.2. The number of hydrogen-bond donors (Lipinski definition) is 0. The molecule has 2 aromatic rings. The van der Waals surface area contributed by atoms with Gasteiger partial charge in [0.2, 0.25) is 0 Å². The van der Waals surface area contributed by atoms with Crippen LogP contribution in [-0.4, -0.2) is 16.9 Å². The summed E-state index contributed by atoms with van der Waals surface area (Å²) in [6.45, 7) is 4.10. The lowest BCUT2D eigenvalue weighted by Gasteiger charge is -2.36. The molecule has 1 aliphatic rings. The quantitative estimate of drug-likeness (QED) is 0.605. The molecule has 6 nitrogen and oxygen atoms in total. The fourth-order valence-electron chi connectivity index (χ4n) is 2.75. The predicted molar refractivity (Wildman–Crippen MR) is 95.0 cm³/mol. The number of nitro groups is 1. The number of non-ortho nitro benzene ring substituents is 1. The zero-order chi connectivity index (χ0) is 18.1. The number of halogens is 1. The Hall–Kier alpha value is -2.60. The minimum absolute atomic E-state index is 0.0624. The molecule has 0 bridgehead atoms. The van der Waals surface area contributed by atoms with Crippen molar-refractivity contribution in [2.45, 2.75) is 26.5 Å². The van der Waals surface area contributed by atoms with E-state index in [4.69, 9.17) is 16.3 Å². The zero-order valence-corrected chi connectivity index (χ0v) is 14.6. The molecular weight excluding hydrogens is 344 g/mol. The van der Waals surface area contributed by atoms with Gasteiger partial charge in [-0.05, 0) is 29.7 Å². The monoisotopic (exact) mass is 360 g/mol. The molecule has 0 saturated carbocycles. The van der Waals surface area contributed by atoms with Crippen LogP contribution in [-0.2, 0) is 11.3 Å². The number of carbonyl (C=O) groups is 1. The molecule has 7 heteroatoms. The van der Waals surface area contributed by atoms with E-state index in [9.17, 15) is 14.9 Å². The Bertz CT molecular complexity index is 820. The number of ether oxygens (including phenoxy) is 1. The van der Waals surface area contributed by atoms with Crippen molar-refractivity contribution in [2.75, 3.05) is 4.90 Å². The molecule has 0 N–H and O–H groups in total. The summed E-state index contributed by atoms with van der Waals surface area (Å²) in [4.78, 5) is 25.0. The highest BCUT2D eigenvalue weighted by atomic mass is 35.5. The number of nitro benzene ring substituents is 1. The van der Waals surface area contributed by atoms with Gasteiger partial charge in [0.05, 0.1) is 23.2 Å². The Morgan fingerprint density at radius 1 is 1.24 bits per heavy atom. The van der Waals surface area contributed by atoms with Gasteiger partial charge in [-0.3, -0.25) is 14.9 Å². The summed E-state index contributed by atoms with van der Waals surface area (Å²) >= 11 is 5.91. The maximum absolute atomic E-state index is 12.9. The van der Waals surface area contributed by atoms with E-state index in [0.717, 1.165) is 5.56 Å². The maximum Gasteiger partial charge on any atom is 0.273 e. The molecule has 1 unspecified atom stereocenters. The SMILES string of the molecule is CC(C)C1Oc2cc([N+](=O)[O-])ccc2N(Cc2ccc(Cl)cc2)C1=O. The third-order valence-electron chi connectivity index (χ3n) is 4.07. The minimum atomic E-state index is -0.679. The van der Waals surface area contributed by atoms with Gasteiger partial charge in [0.15, 0.2) is 11.9 Å². The van der Waals surface area contributed by atoms with Gasteiger partial charge in [-0.15, -0.1) is 0 Å². The number of rotatable bonds is 4. The standard InChI is InChI=1S/C18H17ClN2O4/c1-11(2)17-18(22)20(10-12-3-5-13(19)6-4-12)15-8-7-14(21(23)24)9-16(15)25-17/h3-9,11,17H,10H2,1-2H3. The van der Waals surface area contributed by atoms with E-state index in [-0.39, 0.29) is 17.5 Å². The lowest BCUT2D eigenvalue weighted by molar-refractivity contribution is -0.384. The van der Waals surface area contributed by atoms with E-state index in [2.05, 4.69) is 0 Å². The van der Waals surface area contributed by atoms with Crippen molar-refractivity contribution in [3.63, 3.8) is 0 Å². The highest BCUT2D eigenvalue weighted by Gasteiger charge is 2.37. The molecule has 0 fully saturated rings. The van der Waals surface area contributed by atoms with E-state index in [0.29, 0.717) is 23.0 Å². The third-order valence-corrected chi connectivity index (χ3v) is 4.32. The van der Waals surface area contributed by atoms with E-state index in [1.807, 2.05) is 26.0 Å². The van der Waals surface area contributed by atoms with E-state index >= 15 is 0 Å². The largest absolute Gasteiger partial charge is 0.478 e. The van der Waals surface area contributed by atoms with Crippen molar-refractivity contribution in [1.29, 1.82) is 0 Å². The molecule has 1 aliphatic heterocycles. The van der Waals surface area contributed by atoms with Crippen molar-refractivity contribution in [3.05, 3.63) is 63.2 Å². The smallest absolute Gasteiger partial charge is 0.273 e. The lowest BCUT2D eigenvalue weighted by atomic mass is 10.0. The Balaban J connectivity index is 2.01. The fourth-order valence-corrected chi connectivity index (χ4v) is 2.88. The summed E-state index contributed by atoms with van der Waals surface area (Å²) in [5.41, 5.74) is 1.37. The number of fused-ring (bicyclic) bond motifs is 1. The van der Waals surface area contributed by atoms with Crippen molar-refractivity contribution in [1.82, 2.24) is 0 Å². The molecule has 0 saturated heterocycles. The molecular formula is C18H17ClN2O4. The molecule has 2 aromatic carbocycles. The molecule has 1 heterocycles. The van der Waals surface area contributed by atoms with Crippen LogP contribution in [0.25, 0.3) is 0 Å². The zero-order valence-electron chi connectivity index (χ0n) is 13.8. The van der Waals surface area contributed by atoms with Gasteiger partial charge in [-0.2, -0.15) is 0 Å². The molecule has 0 aliphatic carbocycles. The summed E-state index contributed by atoms with van der Waals surface area (Å²) < 4.78 is 5.77. The Labute approximate surface area is 150 Å². The Morgan fingerprint density at radius 3 is 2.52 bits per heavy atom. The van der Waals surface area contributed by atoms with Crippen LogP contribution in [0.4, 0.5) is 11.4 Å². The van der Waals surface area contributed by atoms with Crippen LogP contribution in [0.1, 0.15) is 19.4 Å². The fraction of sp³-hybridized carbons (Fsp3) is 0.278. The Morgan fingerprint density at radius 2 is 1.92 bits per heavy atom. The summed E-state index contributed by atoms with van der Waals surface area (Å²) in [5, 5.41) is 11.6. The third kappa shape index (κ3) is 3.44. The maximum atomic E-state index is 12.9. The minimum Gasteiger partial charge on any atom is -0.478 e. The highest BCUT2D eigenvalue weighted by molar-refractivity contribution is 6.30. The number of amides is 1. The Kier molecular flexibility index (Phi) is 4.63. The van der Waals surface area contributed by atoms with E-state index < -0.39 is 11.0 Å². The van der Waals surface area contributed by atoms with Crippen LogP contribution in [0.2, 0.25) is 5.02 Å². The number of hydrogen-bond acceptors (Lipinski definition) is 4. The molecule has 0 radical (unpaired) electrons. The predicted octanol–water partition coefficient (Wildman–Crippen LogP) is 4.20. The number of benzene rings is 2. The van der Waals surface area contributed by atoms with Crippen LogP contribution in [0.15, 0.2) is 42.5 Å². The van der Waals surface area contributed by atoms with Crippen molar-refractivity contribution in [3.8, 4) is 5.75 Å². The number of anilines is 1. The first-order chi connectivity index (χ1) is 11.9. The summed E-state index contributed by atoms with van der Waals surface area (Å²) in [6.07, 6.45) is -0.679. The van der Waals surface area contributed by atoms with Gasteiger partial charge in [0.1, 0.15) is 0 Å². The number of nitrogens with zero attached hydrogens (tertiary/aromatic N) is 2. The summed E-state index contributed by atoms with van der Waals surface area (Å²) in [7, 11) is 0. The van der Waals surface area contributed by atoms with Crippen LogP contribution in [0, 0.1) is 16.0 Å². The first-order valence-electron chi connectivity index (χ1n) is 7.87. The molecule has 0 spiro atoms. The average Bonchev–Trinajstić information content (AvgIpc) is 2.58. The van der Waals surface area contributed by atoms with Gasteiger partial charge < -0.3 is 9.64 Å². The van der Waals surface area contributed by atoms with Gasteiger partial charge in [0.25, 0.3) is 11.6 Å². The molecule has 0 aromatic heterocycles. The number of carbonyl (C=O) groups excluding carboxylic acids is 1. The van der Waals surface area contributed by atoms with Gasteiger partial charge in [-0.1, -0.05) is 37.6 Å². The molecule has 25 heavy (non-hydrogen) atoms. The second-order valence-electron chi connectivity index (χ2n) is 6.24.